The summed E-state index contributed by atoms with van der Waals surface area (Å²) in [5.41, 5.74) is -0.333. The van der Waals surface area contributed by atoms with Gasteiger partial charge in [0.15, 0.2) is 0 Å². The highest BCUT2D eigenvalue weighted by Gasteiger charge is 2.27. The van der Waals surface area contributed by atoms with Crippen molar-refractivity contribution < 1.29 is 0 Å². The lowest BCUT2D eigenvalue weighted by atomic mass is 9.97. The molecule has 0 aromatic rings. The smallest absolute Gasteiger partial charge is 0.103 e. The second kappa shape index (κ2) is 6.22. The monoisotopic (exact) mass is 223 g/mol. The van der Waals surface area contributed by atoms with Gasteiger partial charge in [0.25, 0.3) is 0 Å². The summed E-state index contributed by atoms with van der Waals surface area (Å²) in [5, 5.41) is 12.5. The maximum absolute atomic E-state index is 9.17. The Bertz CT molecular complexity index is 242. The number of nitrogens with zero attached hydrogens (tertiary/aromatic N) is 2. The highest BCUT2D eigenvalue weighted by Crippen LogP contribution is 2.25. The van der Waals surface area contributed by atoms with E-state index in [2.05, 4.69) is 30.3 Å². The maximum atomic E-state index is 9.17. The molecule has 0 aromatic heterocycles. The number of rotatable bonds is 8. The molecule has 1 atom stereocenters. The SMILES string of the molecule is CCCNC(C)(C#N)CCCN(C)C1CC1. The molecule has 0 aliphatic heterocycles. The zero-order valence-corrected chi connectivity index (χ0v) is 10.9. The molecule has 1 aliphatic carbocycles. The highest BCUT2D eigenvalue weighted by molar-refractivity contribution is 5.03. The van der Waals surface area contributed by atoms with E-state index in [-0.39, 0.29) is 5.54 Å². The minimum atomic E-state index is -0.333. The van der Waals surface area contributed by atoms with Crippen molar-refractivity contribution in [2.45, 2.75) is 57.5 Å². The maximum Gasteiger partial charge on any atom is 0.103 e. The minimum absolute atomic E-state index is 0.333. The van der Waals surface area contributed by atoms with E-state index in [1.807, 2.05) is 6.92 Å². The van der Waals surface area contributed by atoms with Crippen molar-refractivity contribution in [2.75, 3.05) is 20.1 Å². The molecule has 3 nitrogen and oxygen atoms in total. The summed E-state index contributed by atoms with van der Waals surface area (Å²) >= 11 is 0. The predicted molar refractivity (Wildman–Crippen MR) is 67.2 cm³/mol. The van der Waals surface area contributed by atoms with Crippen molar-refractivity contribution in [1.82, 2.24) is 10.2 Å². The van der Waals surface area contributed by atoms with E-state index in [4.69, 9.17) is 0 Å². The van der Waals surface area contributed by atoms with Crippen LogP contribution in [0.25, 0.3) is 0 Å². The average molecular weight is 223 g/mol. The molecule has 0 amide bonds. The molecule has 0 heterocycles. The predicted octanol–water partition coefficient (Wildman–Crippen LogP) is 2.14. The van der Waals surface area contributed by atoms with Gasteiger partial charge in [-0.25, -0.2) is 0 Å². The van der Waals surface area contributed by atoms with E-state index in [1.54, 1.807) is 0 Å². The van der Waals surface area contributed by atoms with Gasteiger partial charge in [-0.1, -0.05) is 6.92 Å². The fourth-order valence-electron chi connectivity index (χ4n) is 1.96. The molecule has 0 radical (unpaired) electrons. The summed E-state index contributed by atoms with van der Waals surface area (Å²) in [6.45, 7) is 6.20. The van der Waals surface area contributed by atoms with Crippen LogP contribution in [0.4, 0.5) is 0 Å². The number of nitriles is 1. The normalized spacial score (nSPS) is 19.4. The van der Waals surface area contributed by atoms with E-state index in [0.29, 0.717) is 0 Å². The van der Waals surface area contributed by atoms with E-state index >= 15 is 0 Å². The lowest BCUT2D eigenvalue weighted by Crippen LogP contribution is -2.42. The van der Waals surface area contributed by atoms with Crippen LogP contribution in [0.3, 0.4) is 0 Å². The molecule has 0 bridgehead atoms. The quantitative estimate of drug-likeness (QED) is 0.685. The minimum Gasteiger partial charge on any atom is -0.303 e. The first-order valence-electron chi connectivity index (χ1n) is 6.48. The van der Waals surface area contributed by atoms with Crippen molar-refractivity contribution >= 4 is 0 Å². The number of hydrogen-bond acceptors (Lipinski definition) is 3. The van der Waals surface area contributed by atoms with Crippen LogP contribution in [0, 0.1) is 11.3 Å². The van der Waals surface area contributed by atoms with Gasteiger partial charge in [-0.15, -0.1) is 0 Å². The van der Waals surface area contributed by atoms with Crippen LogP contribution in [-0.2, 0) is 0 Å². The molecule has 0 aromatic carbocycles. The van der Waals surface area contributed by atoms with Crippen LogP contribution >= 0.6 is 0 Å². The third-order valence-corrected chi connectivity index (χ3v) is 3.37. The summed E-state index contributed by atoms with van der Waals surface area (Å²) < 4.78 is 0. The fourth-order valence-corrected chi connectivity index (χ4v) is 1.96. The van der Waals surface area contributed by atoms with Gasteiger partial charge in [-0.05, 0) is 59.2 Å². The summed E-state index contributed by atoms with van der Waals surface area (Å²) in [4.78, 5) is 2.43. The Morgan fingerprint density at radius 2 is 2.19 bits per heavy atom. The Labute approximate surface area is 99.8 Å². The van der Waals surface area contributed by atoms with Crippen LogP contribution in [0.15, 0.2) is 0 Å². The number of hydrogen-bond donors (Lipinski definition) is 1. The fraction of sp³-hybridized carbons (Fsp3) is 0.923. The van der Waals surface area contributed by atoms with E-state index < -0.39 is 0 Å². The first kappa shape index (κ1) is 13.5. The average Bonchev–Trinajstić information content (AvgIpc) is 3.10. The highest BCUT2D eigenvalue weighted by atomic mass is 15.1. The molecule has 0 saturated heterocycles. The molecule has 1 fully saturated rings. The van der Waals surface area contributed by atoms with Crippen LogP contribution in [0.5, 0.6) is 0 Å². The van der Waals surface area contributed by atoms with Crippen molar-refractivity contribution in [1.29, 1.82) is 5.26 Å². The van der Waals surface area contributed by atoms with E-state index in [9.17, 15) is 5.26 Å². The van der Waals surface area contributed by atoms with Crippen LogP contribution in [0.2, 0.25) is 0 Å². The van der Waals surface area contributed by atoms with Gasteiger partial charge in [0, 0.05) is 6.04 Å². The molecule has 0 spiro atoms. The van der Waals surface area contributed by atoms with E-state index in [1.165, 1.54) is 12.8 Å². The Balaban J connectivity index is 2.19. The third-order valence-electron chi connectivity index (χ3n) is 3.37. The molecule has 3 heteroatoms. The van der Waals surface area contributed by atoms with Gasteiger partial charge >= 0.3 is 0 Å². The van der Waals surface area contributed by atoms with Crippen molar-refractivity contribution in [3.63, 3.8) is 0 Å². The summed E-state index contributed by atoms with van der Waals surface area (Å²) in [6, 6.07) is 3.23. The lowest BCUT2D eigenvalue weighted by molar-refractivity contribution is 0.296. The molecule has 92 valence electrons. The van der Waals surface area contributed by atoms with Gasteiger partial charge in [-0.3, -0.25) is 5.32 Å². The second-order valence-corrected chi connectivity index (χ2v) is 5.19. The van der Waals surface area contributed by atoms with Gasteiger partial charge in [0.1, 0.15) is 5.54 Å². The molecule has 1 saturated carbocycles. The van der Waals surface area contributed by atoms with Crippen molar-refractivity contribution in [3.8, 4) is 6.07 Å². The first-order valence-corrected chi connectivity index (χ1v) is 6.48. The topological polar surface area (TPSA) is 39.1 Å². The van der Waals surface area contributed by atoms with Crippen LogP contribution < -0.4 is 5.32 Å². The molecule has 1 N–H and O–H groups in total. The zero-order valence-electron chi connectivity index (χ0n) is 10.9. The molecule has 1 rings (SSSR count). The van der Waals surface area contributed by atoms with Gasteiger partial charge in [0.2, 0.25) is 0 Å². The zero-order chi connectivity index (χ0) is 12.0. The number of nitrogens with one attached hydrogen (secondary N) is 1. The Morgan fingerprint density at radius 1 is 1.50 bits per heavy atom. The van der Waals surface area contributed by atoms with Crippen LogP contribution in [-0.4, -0.2) is 36.6 Å². The van der Waals surface area contributed by atoms with Gasteiger partial charge in [-0.2, -0.15) is 5.26 Å². The molecular formula is C13H25N3. The summed E-state index contributed by atoms with van der Waals surface area (Å²) in [6.07, 6.45) is 5.85. The van der Waals surface area contributed by atoms with Gasteiger partial charge < -0.3 is 4.90 Å². The molecular weight excluding hydrogens is 198 g/mol. The Morgan fingerprint density at radius 3 is 2.69 bits per heavy atom. The third kappa shape index (κ3) is 4.51. The Hall–Kier alpha value is -0.590. The van der Waals surface area contributed by atoms with Gasteiger partial charge in [0.05, 0.1) is 6.07 Å². The van der Waals surface area contributed by atoms with Crippen molar-refractivity contribution in [2.24, 2.45) is 0 Å². The first-order chi connectivity index (χ1) is 7.61. The standard InChI is InChI=1S/C13H25N3/c1-4-9-15-13(2,11-14)8-5-10-16(3)12-6-7-12/h12,15H,4-10H2,1-3H3. The summed E-state index contributed by atoms with van der Waals surface area (Å²) in [7, 11) is 2.20. The molecule has 1 unspecified atom stereocenters. The summed E-state index contributed by atoms with van der Waals surface area (Å²) in [5.74, 6) is 0. The molecule has 16 heavy (non-hydrogen) atoms. The lowest BCUT2D eigenvalue weighted by Gasteiger charge is -2.24. The largest absolute Gasteiger partial charge is 0.303 e. The molecule has 1 aliphatic rings. The van der Waals surface area contributed by atoms with Crippen molar-refractivity contribution in [3.05, 3.63) is 0 Å². The van der Waals surface area contributed by atoms with Crippen LogP contribution in [0.1, 0.15) is 46.0 Å². The second-order valence-electron chi connectivity index (χ2n) is 5.19. The Kier molecular flexibility index (Phi) is 5.24. The van der Waals surface area contributed by atoms with E-state index in [0.717, 1.165) is 38.4 Å².